The van der Waals surface area contributed by atoms with Gasteiger partial charge in [-0.3, -0.25) is 4.79 Å². The first-order chi connectivity index (χ1) is 12.6. The van der Waals surface area contributed by atoms with Crippen molar-refractivity contribution in [1.82, 2.24) is 10.3 Å². The van der Waals surface area contributed by atoms with E-state index < -0.39 is 0 Å². The van der Waals surface area contributed by atoms with Crippen molar-refractivity contribution in [3.05, 3.63) is 65.2 Å². The fourth-order valence-electron chi connectivity index (χ4n) is 3.14. The van der Waals surface area contributed by atoms with E-state index in [1.807, 2.05) is 56.3 Å². The van der Waals surface area contributed by atoms with Crippen LogP contribution in [0.15, 0.2) is 48.5 Å². The number of fused-ring (bicyclic) bond motifs is 1. The van der Waals surface area contributed by atoms with Gasteiger partial charge in [0.2, 0.25) is 0 Å². The highest BCUT2D eigenvalue weighted by molar-refractivity contribution is 6.08. The lowest BCUT2D eigenvalue weighted by Gasteiger charge is -2.13. The third kappa shape index (κ3) is 3.92. The Kier molecular flexibility index (Phi) is 5.64. The molecule has 4 nitrogen and oxygen atoms in total. The van der Waals surface area contributed by atoms with E-state index in [1.165, 1.54) is 0 Å². The Bertz CT molecular complexity index is 920. The lowest BCUT2D eigenvalue weighted by atomic mass is 9.99. The first-order valence-electron chi connectivity index (χ1n) is 8.84. The number of aryl methyl sites for hydroxylation is 2. The fourth-order valence-corrected chi connectivity index (χ4v) is 3.14. The van der Waals surface area contributed by atoms with E-state index >= 15 is 0 Å². The van der Waals surface area contributed by atoms with Gasteiger partial charge in [-0.05, 0) is 38.0 Å². The van der Waals surface area contributed by atoms with Gasteiger partial charge in [-0.2, -0.15) is 0 Å². The third-order valence-electron chi connectivity index (χ3n) is 4.37. The van der Waals surface area contributed by atoms with Crippen LogP contribution in [0.3, 0.4) is 0 Å². The molecule has 0 aliphatic rings. The molecule has 1 amide bonds. The Morgan fingerprint density at radius 1 is 1.12 bits per heavy atom. The number of rotatable bonds is 6. The maximum absolute atomic E-state index is 12.8. The number of amides is 1. The van der Waals surface area contributed by atoms with E-state index in [0.717, 1.165) is 39.7 Å². The normalized spacial score (nSPS) is 10.9. The van der Waals surface area contributed by atoms with Gasteiger partial charge in [0.25, 0.3) is 5.91 Å². The first kappa shape index (κ1) is 18.1. The number of hydrogen-bond donors (Lipinski definition) is 1. The maximum Gasteiger partial charge on any atom is 0.252 e. The summed E-state index contributed by atoms with van der Waals surface area (Å²) in [5, 5.41) is 3.89. The summed E-state index contributed by atoms with van der Waals surface area (Å²) in [6, 6.07) is 16.0. The second kappa shape index (κ2) is 8.11. The molecule has 1 heterocycles. The highest BCUT2D eigenvalue weighted by atomic mass is 16.5. The first-order valence-corrected chi connectivity index (χ1v) is 8.84. The topological polar surface area (TPSA) is 51.2 Å². The molecule has 134 valence electrons. The standard InChI is InChI=1S/C22H24N2O2/c1-15-12-16(2)21-18(13-15)19(22(25)23-10-7-11-26-3)14-20(24-21)17-8-5-4-6-9-17/h4-6,8-9,12-14H,7,10-11H2,1-3H3,(H,23,25). The number of carbonyl (C=O) groups is 1. The summed E-state index contributed by atoms with van der Waals surface area (Å²) in [4.78, 5) is 17.7. The minimum absolute atomic E-state index is 0.0734. The summed E-state index contributed by atoms with van der Waals surface area (Å²) in [5.74, 6) is -0.0734. The summed E-state index contributed by atoms with van der Waals surface area (Å²) in [6.45, 7) is 5.29. The van der Waals surface area contributed by atoms with E-state index in [1.54, 1.807) is 7.11 Å². The number of aromatic nitrogens is 1. The van der Waals surface area contributed by atoms with Crippen LogP contribution in [0.1, 0.15) is 27.9 Å². The predicted octanol–water partition coefficient (Wildman–Crippen LogP) is 4.28. The second-order valence-electron chi connectivity index (χ2n) is 6.50. The lowest BCUT2D eigenvalue weighted by Crippen LogP contribution is -2.25. The maximum atomic E-state index is 12.8. The summed E-state index contributed by atoms with van der Waals surface area (Å²) in [7, 11) is 1.66. The quantitative estimate of drug-likeness (QED) is 0.676. The van der Waals surface area contributed by atoms with Crippen molar-refractivity contribution < 1.29 is 9.53 Å². The predicted molar refractivity (Wildman–Crippen MR) is 105 cm³/mol. The number of nitrogens with zero attached hydrogens (tertiary/aromatic N) is 1. The Balaban J connectivity index is 2.08. The van der Waals surface area contributed by atoms with Crippen LogP contribution >= 0.6 is 0 Å². The van der Waals surface area contributed by atoms with Gasteiger partial charge in [-0.15, -0.1) is 0 Å². The zero-order valence-corrected chi connectivity index (χ0v) is 15.5. The van der Waals surface area contributed by atoms with Crippen molar-refractivity contribution in [2.45, 2.75) is 20.3 Å². The molecular weight excluding hydrogens is 324 g/mol. The lowest BCUT2D eigenvalue weighted by molar-refractivity contribution is 0.0950. The number of pyridine rings is 1. The molecule has 3 aromatic rings. The van der Waals surface area contributed by atoms with E-state index in [4.69, 9.17) is 9.72 Å². The molecule has 4 heteroatoms. The van der Waals surface area contributed by atoms with Gasteiger partial charge in [0, 0.05) is 31.2 Å². The molecule has 2 aromatic carbocycles. The summed E-state index contributed by atoms with van der Waals surface area (Å²) < 4.78 is 5.05. The van der Waals surface area contributed by atoms with Crippen molar-refractivity contribution >= 4 is 16.8 Å². The highest BCUT2D eigenvalue weighted by Crippen LogP contribution is 2.27. The molecule has 0 aliphatic heterocycles. The van der Waals surface area contributed by atoms with Crippen molar-refractivity contribution in [3.8, 4) is 11.3 Å². The highest BCUT2D eigenvalue weighted by Gasteiger charge is 2.15. The molecule has 0 radical (unpaired) electrons. The molecule has 3 rings (SSSR count). The summed E-state index contributed by atoms with van der Waals surface area (Å²) in [6.07, 6.45) is 0.787. The Morgan fingerprint density at radius 2 is 1.88 bits per heavy atom. The van der Waals surface area contributed by atoms with E-state index in [0.29, 0.717) is 18.7 Å². The van der Waals surface area contributed by atoms with Crippen LogP contribution in [-0.2, 0) is 4.74 Å². The van der Waals surface area contributed by atoms with Crippen molar-refractivity contribution in [2.24, 2.45) is 0 Å². The minimum Gasteiger partial charge on any atom is -0.385 e. The van der Waals surface area contributed by atoms with E-state index in [-0.39, 0.29) is 5.91 Å². The molecule has 0 unspecified atom stereocenters. The molecule has 0 fully saturated rings. The second-order valence-corrected chi connectivity index (χ2v) is 6.50. The molecule has 0 saturated carbocycles. The number of ether oxygens (including phenoxy) is 1. The molecule has 26 heavy (non-hydrogen) atoms. The average molecular weight is 348 g/mol. The molecule has 0 spiro atoms. The van der Waals surface area contributed by atoms with Crippen molar-refractivity contribution in [3.63, 3.8) is 0 Å². The Hall–Kier alpha value is -2.72. The van der Waals surface area contributed by atoms with Gasteiger partial charge >= 0.3 is 0 Å². The summed E-state index contributed by atoms with van der Waals surface area (Å²) >= 11 is 0. The molecule has 0 bridgehead atoms. The van der Waals surface area contributed by atoms with E-state index in [2.05, 4.69) is 11.4 Å². The molecule has 0 aliphatic carbocycles. The smallest absolute Gasteiger partial charge is 0.252 e. The van der Waals surface area contributed by atoms with Crippen molar-refractivity contribution in [1.29, 1.82) is 0 Å². The number of nitrogens with one attached hydrogen (secondary N) is 1. The van der Waals surface area contributed by atoms with Crippen LogP contribution in [0.5, 0.6) is 0 Å². The summed E-state index contributed by atoms with van der Waals surface area (Å²) in [5.41, 5.74) is 5.55. The molecule has 0 atom stereocenters. The van der Waals surface area contributed by atoms with Crippen LogP contribution in [0.25, 0.3) is 22.2 Å². The van der Waals surface area contributed by atoms with Crippen LogP contribution in [-0.4, -0.2) is 31.2 Å². The minimum atomic E-state index is -0.0734. The van der Waals surface area contributed by atoms with Crippen LogP contribution in [0.4, 0.5) is 0 Å². The zero-order valence-electron chi connectivity index (χ0n) is 15.5. The zero-order chi connectivity index (χ0) is 18.5. The van der Waals surface area contributed by atoms with Gasteiger partial charge in [0.15, 0.2) is 0 Å². The van der Waals surface area contributed by atoms with Crippen LogP contribution in [0.2, 0.25) is 0 Å². The Labute approximate surface area is 154 Å². The number of hydrogen-bond acceptors (Lipinski definition) is 3. The monoisotopic (exact) mass is 348 g/mol. The van der Waals surface area contributed by atoms with Gasteiger partial charge < -0.3 is 10.1 Å². The molecule has 0 saturated heterocycles. The van der Waals surface area contributed by atoms with Gasteiger partial charge in [0.05, 0.1) is 16.8 Å². The number of methoxy groups -OCH3 is 1. The number of carbonyl (C=O) groups excluding carboxylic acids is 1. The fraction of sp³-hybridized carbons (Fsp3) is 0.273. The van der Waals surface area contributed by atoms with Gasteiger partial charge in [0.1, 0.15) is 0 Å². The molecule has 1 N–H and O–H groups in total. The average Bonchev–Trinajstić information content (AvgIpc) is 2.65. The SMILES string of the molecule is COCCCNC(=O)c1cc(-c2ccccc2)nc2c(C)cc(C)cc12. The van der Waals surface area contributed by atoms with Crippen molar-refractivity contribution in [2.75, 3.05) is 20.3 Å². The third-order valence-corrected chi connectivity index (χ3v) is 4.37. The largest absolute Gasteiger partial charge is 0.385 e. The number of benzene rings is 2. The van der Waals surface area contributed by atoms with Crippen LogP contribution in [0, 0.1) is 13.8 Å². The van der Waals surface area contributed by atoms with Crippen LogP contribution < -0.4 is 5.32 Å². The van der Waals surface area contributed by atoms with Gasteiger partial charge in [-0.1, -0.05) is 42.0 Å². The van der Waals surface area contributed by atoms with E-state index in [9.17, 15) is 4.79 Å². The van der Waals surface area contributed by atoms with Gasteiger partial charge in [-0.25, -0.2) is 4.98 Å². The molecular formula is C22H24N2O2. The Morgan fingerprint density at radius 3 is 2.62 bits per heavy atom. The molecule has 1 aromatic heterocycles.